The summed E-state index contributed by atoms with van der Waals surface area (Å²) < 4.78 is 0. The summed E-state index contributed by atoms with van der Waals surface area (Å²) in [6.45, 7) is 3.92. The largest absolute Gasteiger partial charge is 0.383 e. The summed E-state index contributed by atoms with van der Waals surface area (Å²) >= 11 is 1.57. The van der Waals surface area contributed by atoms with E-state index in [4.69, 9.17) is 5.73 Å². The molecule has 3 aromatic rings. The number of rotatable bonds is 1. The van der Waals surface area contributed by atoms with E-state index in [1.807, 2.05) is 37.4 Å². The van der Waals surface area contributed by atoms with Crippen molar-refractivity contribution in [3.05, 3.63) is 35.0 Å². The highest BCUT2D eigenvalue weighted by atomic mass is 32.1. The molecule has 0 amide bonds. The first-order valence-corrected chi connectivity index (χ1v) is 6.48. The predicted octanol–water partition coefficient (Wildman–Crippen LogP) is 2.95. The van der Waals surface area contributed by atoms with Gasteiger partial charge < -0.3 is 5.73 Å². The van der Waals surface area contributed by atoms with Crippen LogP contribution in [0.4, 0.5) is 5.82 Å². The van der Waals surface area contributed by atoms with Crippen molar-refractivity contribution in [2.45, 2.75) is 13.8 Å². The molecule has 0 unspecified atom stereocenters. The molecule has 0 aromatic carbocycles. The minimum absolute atomic E-state index is 0.531. The fourth-order valence-corrected chi connectivity index (χ4v) is 2.74. The first-order valence-electron chi connectivity index (χ1n) is 5.60. The van der Waals surface area contributed by atoms with Gasteiger partial charge in [0.05, 0.1) is 5.39 Å². The maximum Gasteiger partial charge on any atom is 0.163 e. The summed E-state index contributed by atoms with van der Waals surface area (Å²) in [5.41, 5.74) is 8.83. The van der Waals surface area contributed by atoms with Crippen molar-refractivity contribution in [3.8, 4) is 11.4 Å². The van der Waals surface area contributed by atoms with Crippen LogP contribution in [-0.4, -0.2) is 15.0 Å². The van der Waals surface area contributed by atoms with Crippen molar-refractivity contribution in [1.82, 2.24) is 15.0 Å². The minimum Gasteiger partial charge on any atom is -0.383 e. The summed E-state index contributed by atoms with van der Waals surface area (Å²) in [5, 5.41) is 2.90. The van der Waals surface area contributed by atoms with E-state index >= 15 is 0 Å². The number of aromatic nitrogens is 3. The molecular formula is C13H12N4S. The summed E-state index contributed by atoms with van der Waals surface area (Å²) in [7, 11) is 0. The highest BCUT2D eigenvalue weighted by Crippen LogP contribution is 2.26. The summed E-state index contributed by atoms with van der Waals surface area (Å²) in [4.78, 5) is 14.2. The van der Waals surface area contributed by atoms with Gasteiger partial charge in [-0.1, -0.05) is 0 Å². The number of pyridine rings is 1. The Kier molecular flexibility index (Phi) is 2.48. The van der Waals surface area contributed by atoms with Crippen LogP contribution in [0.3, 0.4) is 0 Å². The molecule has 90 valence electrons. The second-order valence-electron chi connectivity index (χ2n) is 4.21. The summed E-state index contributed by atoms with van der Waals surface area (Å²) in [5.74, 6) is 1.19. The quantitative estimate of drug-likeness (QED) is 0.727. The SMILES string of the molecule is Cc1cc(-c2nc(N)c3ccsc3n2)cc(C)n1. The Labute approximate surface area is 109 Å². The van der Waals surface area contributed by atoms with Crippen LogP contribution in [0.15, 0.2) is 23.6 Å². The lowest BCUT2D eigenvalue weighted by Crippen LogP contribution is -1.97. The van der Waals surface area contributed by atoms with Gasteiger partial charge >= 0.3 is 0 Å². The maximum absolute atomic E-state index is 5.95. The van der Waals surface area contributed by atoms with Crippen LogP contribution in [0.2, 0.25) is 0 Å². The monoisotopic (exact) mass is 256 g/mol. The van der Waals surface area contributed by atoms with Gasteiger partial charge in [0.15, 0.2) is 5.82 Å². The number of nitrogens with two attached hydrogens (primary N) is 1. The van der Waals surface area contributed by atoms with E-state index in [-0.39, 0.29) is 0 Å². The van der Waals surface area contributed by atoms with Gasteiger partial charge in [-0.05, 0) is 37.4 Å². The van der Waals surface area contributed by atoms with E-state index in [2.05, 4.69) is 15.0 Å². The Morgan fingerprint density at radius 1 is 1.06 bits per heavy atom. The Hall–Kier alpha value is -2.01. The Balaban J connectivity index is 2.24. The lowest BCUT2D eigenvalue weighted by atomic mass is 10.2. The second-order valence-corrected chi connectivity index (χ2v) is 5.11. The average Bonchev–Trinajstić information content (AvgIpc) is 2.76. The number of fused-ring (bicyclic) bond motifs is 1. The molecule has 18 heavy (non-hydrogen) atoms. The zero-order valence-corrected chi connectivity index (χ0v) is 11.0. The number of hydrogen-bond donors (Lipinski definition) is 1. The molecule has 3 rings (SSSR count). The predicted molar refractivity (Wildman–Crippen MR) is 74.5 cm³/mol. The average molecular weight is 256 g/mol. The fourth-order valence-electron chi connectivity index (χ4n) is 1.97. The van der Waals surface area contributed by atoms with Gasteiger partial charge in [-0.3, -0.25) is 4.98 Å². The molecule has 0 saturated heterocycles. The van der Waals surface area contributed by atoms with Crippen molar-refractivity contribution < 1.29 is 0 Å². The van der Waals surface area contributed by atoms with Gasteiger partial charge in [-0.2, -0.15) is 0 Å². The van der Waals surface area contributed by atoms with Crippen LogP contribution >= 0.6 is 11.3 Å². The Morgan fingerprint density at radius 2 is 1.78 bits per heavy atom. The van der Waals surface area contributed by atoms with Crippen LogP contribution in [0, 0.1) is 13.8 Å². The number of aryl methyl sites for hydroxylation is 2. The van der Waals surface area contributed by atoms with Gasteiger partial charge in [0.1, 0.15) is 10.6 Å². The molecule has 0 spiro atoms. The van der Waals surface area contributed by atoms with E-state index in [1.165, 1.54) is 0 Å². The first-order chi connectivity index (χ1) is 8.63. The molecule has 3 heterocycles. The van der Waals surface area contributed by atoms with Gasteiger partial charge in [0.25, 0.3) is 0 Å². The van der Waals surface area contributed by atoms with E-state index in [0.717, 1.165) is 27.2 Å². The number of nitrogens with zero attached hydrogens (tertiary/aromatic N) is 3. The molecule has 0 bridgehead atoms. The Morgan fingerprint density at radius 3 is 2.50 bits per heavy atom. The highest BCUT2D eigenvalue weighted by molar-refractivity contribution is 7.16. The van der Waals surface area contributed by atoms with Crippen LogP contribution in [-0.2, 0) is 0 Å². The maximum atomic E-state index is 5.95. The van der Waals surface area contributed by atoms with Gasteiger partial charge in [-0.25, -0.2) is 9.97 Å². The zero-order valence-electron chi connectivity index (χ0n) is 10.1. The zero-order chi connectivity index (χ0) is 12.7. The third-order valence-electron chi connectivity index (χ3n) is 2.69. The van der Waals surface area contributed by atoms with Crippen LogP contribution < -0.4 is 5.73 Å². The number of nitrogen functional groups attached to an aromatic ring is 1. The molecule has 0 aliphatic carbocycles. The van der Waals surface area contributed by atoms with E-state index in [0.29, 0.717) is 11.6 Å². The van der Waals surface area contributed by atoms with Crippen LogP contribution in [0.25, 0.3) is 21.6 Å². The molecular weight excluding hydrogens is 244 g/mol. The molecule has 5 heteroatoms. The third-order valence-corrected chi connectivity index (χ3v) is 3.50. The van der Waals surface area contributed by atoms with Gasteiger partial charge in [0.2, 0.25) is 0 Å². The number of hydrogen-bond acceptors (Lipinski definition) is 5. The van der Waals surface area contributed by atoms with E-state index < -0.39 is 0 Å². The van der Waals surface area contributed by atoms with Crippen molar-refractivity contribution in [3.63, 3.8) is 0 Å². The standard InChI is InChI=1S/C13H12N4S/c1-7-5-9(6-8(2)15-7)12-16-11(14)10-3-4-18-13(10)17-12/h3-6H,1-2H3,(H2,14,16,17). The molecule has 4 nitrogen and oxygen atoms in total. The second kappa shape index (κ2) is 4.03. The molecule has 0 saturated carbocycles. The van der Waals surface area contributed by atoms with Gasteiger partial charge in [-0.15, -0.1) is 11.3 Å². The molecule has 2 N–H and O–H groups in total. The molecule has 3 aromatic heterocycles. The van der Waals surface area contributed by atoms with Crippen molar-refractivity contribution in [2.24, 2.45) is 0 Å². The molecule has 0 atom stereocenters. The van der Waals surface area contributed by atoms with Crippen LogP contribution in [0.5, 0.6) is 0 Å². The minimum atomic E-state index is 0.531. The topological polar surface area (TPSA) is 64.7 Å². The van der Waals surface area contributed by atoms with Gasteiger partial charge in [0, 0.05) is 17.0 Å². The fraction of sp³-hybridized carbons (Fsp3) is 0.154. The molecule has 0 aliphatic heterocycles. The highest BCUT2D eigenvalue weighted by Gasteiger charge is 2.09. The summed E-state index contributed by atoms with van der Waals surface area (Å²) in [6.07, 6.45) is 0. The Bertz CT molecular complexity index is 713. The van der Waals surface area contributed by atoms with Crippen molar-refractivity contribution in [1.29, 1.82) is 0 Å². The van der Waals surface area contributed by atoms with Crippen molar-refractivity contribution >= 4 is 27.4 Å². The third kappa shape index (κ3) is 1.82. The summed E-state index contributed by atoms with van der Waals surface area (Å²) in [6, 6.07) is 5.89. The van der Waals surface area contributed by atoms with Crippen LogP contribution in [0.1, 0.15) is 11.4 Å². The molecule has 0 radical (unpaired) electrons. The number of thiophene rings is 1. The molecule has 0 aliphatic rings. The van der Waals surface area contributed by atoms with E-state index in [1.54, 1.807) is 11.3 Å². The van der Waals surface area contributed by atoms with Crippen molar-refractivity contribution in [2.75, 3.05) is 5.73 Å². The first kappa shape index (κ1) is 11.1. The number of anilines is 1. The smallest absolute Gasteiger partial charge is 0.163 e. The molecule has 0 fully saturated rings. The lowest BCUT2D eigenvalue weighted by molar-refractivity contribution is 1.11. The van der Waals surface area contributed by atoms with E-state index in [9.17, 15) is 0 Å². The normalized spacial score (nSPS) is 11.0. The lowest BCUT2D eigenvalue weighted by Gasteiger charge is -2.04.